The van der Waals surface area contributed by atoms with Gasteiger partial charge in [-0.25, -0.2) is 0 Å². The van der Waals surface area contributed by atoms with E-state index in [2.05, 4.69) is 0 Å². The molecule has 1 aromatic carbocycles. The van der Waals surface area contributed by atoms with Crippen LogP contribution < -0.4 is 10.5 Å². The molecule has 1 saturated heterocycles. The third-order valence-corrected chi connectivity index (χ3v) is 3.90. The molecule has 3 N–H and O–H groups in total. The SMILES string of the molecule is CCCN1CCN(CCCOc2ccc(C(=N)N)cc2)C(=O)C1=O. The van der Waals surface area contributed by atoms with Crippen LogP contribution in [0.15, 0.2) is 24.3 Å². The summed E-state index contributed by atoms with van der Waals surface area (Å²) in [5.41, 5.74) is 6.04. The van der Waals surface area contributed by atoms with Gasteiger partial charge < -0.3 is 20.3 Å². The van der Waals surface area contributed by atoms with Crippen molar-refractivity contribution in [2.45, 2.75) is 19.8 Å². The van der Waals surface area contributed by atoms with Crippen LogP contribution >= 0.6 is 0 Å². The van der Waals surface area contributed by atoms with Gasteiger partial charge in [0.1, 0.15) is 11.6 Å². The number of nitrogens with one attached hydrogen (secondary N) is 1. The van der Waals surface area contributed by atoms with Crippen LogP contribution in [0.4, 0.5) is 0 Å². The molecule has 1 aromatic rings. The number of hydrogen-bond acceptors (Lipinski definition) is 4. The van der Waals surface area contributed by atoms with Crippen molar-refractivity contribution in [3.05, 3.63) is 29.8 Å². The zero-order chi connectivity index (χ0) is 17.5. The van der Waals surface area contributed by atoms with E-state index in [1.807, 2.05) is 6.92 Å². The molecule has 7 heteroatoms. The lowest BCUT2D eigenvalue weighted by molar-refractivity contribution is -0.156. The summed E-state index contributed by atoms with van der Waals surface area (Å²) in [6, 6.07) is 6.98. The molecule has 130 valence electrons. The van der Waals surface area contributed by atoms with Crippen molar-refractivity contribution < 1.29 is 14.3 Å². The van der Waals surface area contributed by atoms with Crippen LogP contribution in [0.25, 0.3) is 0 Å². The fourth-order valence-electron chi connectivity index (χ4n) is 2.59. The second-order valence-electron chi connectivity index (χ2n) is 5.72. The molecule has 2 rings (SSSR count). The summed E-state index contributed by atoms with van der Waals surface area (Å²) in [6.07, 6.45) is 1.51. The van der Waals surface area contributed by atoms with Crippen LogP contribution in [0.2, 0.25) is 0 Å². The summed E-state index contributed by atoms with van der Waals surface area (Å²) in [6.45, 7) is 4.78. The number of amides is 2. The van der Waals surface area contributed by atoms with Gasteiger partial charge in [-0.1, -0.05) is 6.92 Å². The standard InChI is InChI=1S/C17H24N4O3/c1-2-8-20-10-11-21(17(23)16(20)22)9-3-12-24-14-6-4-13(5-7-14)15(18)19/h4-7H,2-3,8-12H2,1H3,(H3,18,19). The Bertz CT molecular complexity index is 600. The maximum atomic E-state index is 12.0. The minimum atomic E-state index is -0.416. The first-order valence-electron chi connectivity index (χ1n) is 8.18. The molecular formula is C17H24N4O3. The van der Waals surface area contributed by atoms with E-state index < -0.39 is 11.8 Å². The van der Waals surface area contributed by atoms with Crippen LogP contribution in [0, 0.1) is 5.41 Å². The zero-order valence-electron chi connectivity index (χ0n) is 14.0. The molecule has 24 heavy (non-hydrogen) atoms. The van der Waals surface area contributed by atoms with Gasteiger partial charge in [-0.05, 0) is 37.1 Å². The predicted octanol–water partition coefficient (Wildman–Crippen LogP) is 0.820. The molecule has 0 aromatic heterocycles. The molecule has 0 atom stereocenters. The van der Waals surface area contributed by atoms with E-state index in [-0.39, 0.29) is 5.84 Å². The number of nitrogens with two attached hydrogens (primary N) is 1. The quantitative estimate of drug-likeness (QED) is 0.318. The second kappa shape index (κ2) is 8.33. The van der Waals surface area contributed by atoms with E-state index in [0.717, 1.165) is 6.42 Å². The molecule has 0 spiro atoms. The topological polar surface area (TPSA) is 99.7 Å². The number of nitrogens with zero attached hydrogens (tertiary/aromatic N) is 2. The van der Waals surface area contributed by atoms with Gasteiger partial charge in [0.15, 0.2) is 0 Å². The minimum Gasteiger partial charge on any atom is -0.494 e. The minimum absolute atomic E-state index is 0.0203. The molecule has 2 amide bonds. The van der Waals surface area contributed by atoms with Crippen LogP contribution in [0.3, 0.4) is 0 Å². The molecule has 1 fully saturated rings. The van der Waals surface area contributed by atoms with Crippen molar-refractivity contribution in [2.75, 3.05) is 32.8 Å². The van der Waals surface area contributed by atoms with E-state index in [1.54, 1.807) is 34.1 Å². The first-order chi connectivity index (χ1) is 11.5. The lowest BCUT2D eigenvalue weighted by Gasteiger charge is -2.33. The van der Waals surface area contributed by atoms with Crippen molar-refractivity contribution in [1.29, 1.82) is 5.41 Å². The Kier molecular flexibility index (Phi) is 6.17. The lowest BCUT2D eigenvalue weighted by atomic mass is 10.2. The second-order valence-corrected chi connectivity index (χ2v) is 5.72. The number of nitrogen functional groups attached to an aromatic ring is 1. The Balaban J connectivity index is 1.73. The smallest absolute Gasteiger partial charge is 0.312 e. The van der Waals surface area contributed by atoms with Crippen LogP contribution in [0.5, 0.6) is 5.75 Å². The summed E-state index contributed by atoms with van der Waals surface area (Å²) in [4.78, 5) is 27.2. The first kappa shape index (κ1) is 17.8. The summed E-state index contributed by atoms with van der Waals surface area (Å²) in [5.74, 6) is -0.105. The lowest BCUT2D eigenvalue weighted by Crippen LogP contribution is -2.54. The van der Waals surface area contributed by atoms with Gasteiger partial charge in [0.25, 0.3) is 0 Å². The van der Waals surface area contributed by atoms with Crippen molar-refractivity contribution >= 4 is 17.6 Å². The Hall–Kier alpha value is -2.57. The number of amidine groups is 1. The fourth-order valence-corrected chi connectivity index (χ4v) is 2.59. The predicted molar refractivity (Wildman–Crippen MR) is 91.0 cm³/mol. The Morgan fingerprint density at radius 1 is 1.12 bits per heavy atom. The Labute approximate surface area is 141 Å². The molecule has 1 heterocycles. The average Bonchev–Trinajstić information content (AvgIpc) is 2.58. The molecule has 1 aliphatic rings. The highest BCUT2D eigenvalue weighted by Gasteiger charge is 2.31. The molecule has 0 radical (unpaired) electrons. The summed E-state index contributed by atoms with van der Waals surface area (Å²) < 4.78 is 5.61. The maximum Gasteiger partial charge on any atom is 0.312 e. The van der Waals surface area contributed by atoms with E-state index >= 15 is 0 Å². The largest absolute Gasteiger partial charge is 0.494 e. The third kappa shape index (κ3) is 4.47. The Morgan fingerprint density at radius 2 is 1.71 bits per heavy atom. The van der Waals surface area contributed by atoms with Gasteiger partial charge in [0.05, 0.1) is 6.61 Å². The molecule has 7 nitrogen and oxygen atoms in total. The van der Waals surface area contributed by atoms with Gasteiger partial charge in [0.2, 0.25) is 0 Å². The highest BCUT2D eigenvalue weighted by molar-refractivity contribution is 6.35. The van der Waals surface area contributed by atoms with Crippen molar-refractivity contribution in [3.8, 4) is 5.75 Å². The number of ether oxygens (including phenoxy) is 1. The van der Waals surface area contributed by atoms with E-state index in [4.69, 9.17) is 15.9 Å². The van der Waals surface area contributed by atoms with Gasteiger partial charge in [-0.2, -0.15) is 0 Å². The first-order valence-corrected chi connectivity index (χ1v) is 8.18. The van der Waals surface area contributed by atoms with Gasteiger partial charge in [-0.15, -0.1) is 0 Å². The number of carbonyl (C=O) groups is 2. The number of hydrogen-bond donors (Lipinski definition) is 2. The maximum absolute atomic E-state index is 12.0. The number of carbonyl (C=O) groups excluding carboxylic acids is 2. The van der Waals surface area contributed by atoms with Gasteiger partial charge in [-0.3, -0.25) is 15.0 Å². The fraction of sp³-hybridized carbons (Fsp3) is 0.471. The van der Waals surface area contributed by atoms with Crippen molar-refractivity contribution in [2.24, 2.45) is 5.73 Å². The van der Waals surface area contributed by atoms with Gasteiger partial charge in [0, 0.05) is 31.7 Å². The van der Waals surface area contributed by atoms with Crippen molar-refractivity contribution in [3.63, 3.8) is 0 Å². The highest BCUT2D eigenvalue weighted by Crippen LogP contribution is 2.12. The summed E-state index contributed by atoms with van der Waals surface area (Å²) in [7, 11) is 0. The van der Waals surface area contributed by atoms with Crippen LogP contribution in [0.1, 0.15) is 25.3 Å². The van der Waals surface area contributed by atoms with Gasteiger partial charge >= 0.3 is 11.8 Å². The van der Waals surface area contributed by atoms with Crippen LogP contribution in [-0.4, -0.2) is 60.2 Å². The zero-order valence-corrected chi connectivity index (χ0v) is 14.0. The Morgan fingerprint density at radius 3 is 2.25 bits per heavy atom. The summed E-state index contributed by atoms with van der Waals surface area (Å²) >= 11 is 0. The molecule has 0 saturated carbocycles. The number of rotatable bonds is 8. The highest BCUT2D eigenvalue weighted by atomic mass is 16.5. The molecule has 0 unspecified atom stereocenters. The van der Waals surface area contributed by atoms with E-state index in [9.17, 15) is 9.59 Å². The number of benzene rings is 1. The molecular weight excluding hydrogens is 308 g/mol. The monoisotopic (exact) mass is 332 g/mol. The molecule has 0 aliphatic carbocycles. The van der Waals surface area contributed by atoms with Crippen LogP contribution in [-0.2, 0) is 9.59 Å². The average molecular weight is 332 g/mol. The van der Waals surface area contributed by atoms with Crippen molar-refractivity contribution in [1.82, 2.24) is 9.80 Å². The normalized spacial score (nSPS) is 14.9. The van der Waals surface area contributed by atoms with E-state index in [0.29, 0.717) is 50.5 Å². The molecule has 0 bridgehead atoms. The summed E-state index contributed by atoms with van der Waals surface area (Å²) in [5, 5.41) is 7.33. The van der Waals surface area contributed by atoms with E-state index in [1.165, 1.54) is 0 Å². The third-order valence-electron chi connectivity index (χ3n) is 3.90. The number of piperazine rings is 1. The molecule has 1 aliphatic heterocycles.